The Morgan fingerprint density at radius 3 is 0.879 bits per heavy atom. The van der Waals surface area contributed by atoms with Gasteiger partial charge in [-0.05, 0) is 50.2 Å². The van der Waals surface area contributed by atoms with Crippen LogP contribution in [-0.2, 0) is 32.0 Å². The van der Waals surface area contributed by atoms with E-state index in [1.165, 1.54) is 11.1 Å². The maximum absolute atomic E-state index is 9.75. The normalized spacial score (nSPS) is 15.0. The van der Waals surface area contributed by atoms with Gasteiger partial charge in [0.25, 0.3) is 0 Å². The fourth-order valence-electron chi connectivity index (χ4n) is 4.68. The summed E-state index contributed by atoms with van der Waals surface area (Å²) in [7, 11) is -12.0. The summed E-state index contributed by atoms with van der Waals surface area (Å²) >= 11 is 0. The Hall–Kier alpha value is -4.65. The van der Waals surface area contributed by atoms with Gasteiger partial charge in [-0.2, -0.15) is 9.13 Å². The van der Waals surface area contributed by atoms with E-state index < -0.39 is 14.5 Å². The summed E-state index contributed by atoms with van der Waals surface area (Å²) in [6, 6.07) is 23.5. The number of nitrogens with zero attached hydrogens (tertiary/aromatic N) is 2. The molecule has 0 atom stereocenters. The number of para-hydroxylation sites is 4. The highest BCUT2D eigenvalue weighted by atomic mass is 19.5. The first-order valence-corrected chi connectivity index (χ1v) is 18.3. The molecule has 0 bridgehead atoms. The van der Waals surface area contributed by atoms with Gasteiger partial charge in [0.15, 0.2) is 47.8 Å². The minimum atomic E-state index is -6.00. The van der Waals surface area contributed by atoms with E-state index in [2.05, 4.69) is 72.0 Å². The number of pyridine rings is 2. The summed E-state index contributed by atoms with van der Waals surface area (Å²) < 4.78 is 128. The largest absolute Gasteiger partial charge is 0.673 e. The van der Waals surface area contributed by atoms with E-state index in [4.69, 9.17) is 37.9 Å². The maximum atomic E-state index is 9.75. The zero-order valence-corrected chi connectivity index (χ0v) is 32.5. The highest BCUT2D eigenvalue weighted by molar-refractivity contribution is 6.50. The topological polar surface area (TPSA) is 81.6 Å². The first kappa shape index (κ1) is 49.5. The molecular weight excluding hydrogens is 786 g/mol. The molecule has 0 spiro atoms. The first-order chi connectivity index (χ1) is 27.7. The number of ether oxygens (including phenoxy) is 8. The van der Waals surface area contributed by atoms with Crippen molar-refractivity contribution >= 4 is 14.5 Å². The quantitative estimate of drug-likeness (QED) is 0.122. The van der Waals surface area contributed by atoms with Crippen molar-refractivity contribution in [3.05, 3.63) is 109 Å². The molecular formula is C38H50B2F8N2O8. The van der Waals surface area contributed by atoms with Crippen molar-refractivity contribution in [2.24, 2.45) is 0 Å². The summed E-state index contributed by atoms with van der Waals surface area (Å²) in [5.41, 5.74) is 2.61. The van der Waals surface area contributed by atoms with Crippen LogP contribution in [0.1, 0.15) is 11.1 Å². The summed E-state index contributed by atoms with van der Waals surface area (Å²) in [5.74, 6) is 2.73. The van der Waals surface area contributed by atoms with Gasteiger partial charge in [-0.3, -0.25) is 0 Å². The van der Waals surface area contributed by atoms with Gasteiger partial charge >= 0.3 is 14.5 Å². The molecule has 0 amide bonds. The fraction of sp³-hybridized carbons (Fsp3) is 0.421. The predicted molar refractivity (Wildman–Crippen MR) is 201 cm³/mol. The Morgan fingerprint density at radius 1 is 0.397 bits per heavy atom. The molecule has 0 N–H and O–H groups in total. The molecule has 4 aromatic rings. The Balaban J connectivity index is 0.000000366. The molecule has 0 fully saturated rings. The molecule has 58 heavy (non-hydrogen) atoms. The highest BCUT2D eigenvalue weighted by Crippen LogP contribution is 2.27. The van der Waals surface area contributed by atoms with Crippen LogP contribution in [0.4, 0.5) is 34.5 Å². The van der Waals surface area contributed by atoms with Crippen molar-refractivity contribution in [1.82, 2.24) is 0 Å². The second-order valence-corrected chi connectivity index (χ2v) is 12.0. The van der Waals surface area contributed by atoms with Crippen molar-refractivity contribution in [1.29, 1.82) is 0 Å². The van der Waals surface area contributed by atoms with Crippen LogP contribution in [0.2, 0.25) is 0 Å². The van der Waals surface area contributed by atoms with Crippen LogP contribution in [0.15, 0.2) is 97.6 Å². The lowest BCUT2D eigenvalue weighted by Gasteiger charge is -2.14. The van der Waals surface area contributed by atoms with E-state index in [-0.39, 0.29) is 0 Å². The number of aromatic nitrogens is 2. The zero-order chi connectivity index (χ0) is 42.5. The van der Waals surface area contributed by atoms with Crippen LogP contribution in [0.3, 0.4) is 0 Å². The van der Waals surface area contributed by atoms with Crippen LogP contribution in [0.5, 0.6) is 23.0 Å². The minimum absolute atomic E-state index is 0.425. The molecule has 3 heterocycles. The highest BCUT2D eigenvalue weighted by Gasteiger charge is 2.21. The number of fused-ring (bicyclic) bond motifs is 2. The molecule has 2 aromatic carbocycles. The van der Waals surface area contributed by atoms with Crippen molar-refractivity contribution in [2.45, 2.75) is 26.9 Å². The number of hydrogen-bond acceptors (Lipinski definition) is 8. The standard InChI is InChI=1S/C24H32O8.C14H18N2.2BF4/c1-2-6-22-21(5-1)29-17-13-25-9-10-27-15-19-31-23-7-3-4-8-24(23)32-20-16-28-12-11-26-14-18-30-22;1-13-5-3-7-15(11-13)9-10-16-8-4-6-14(2)12-16;2*2-1(3,4)5/h1-8H,9-20H2;3-8,11-12H,9-10H2,1-2H3;;/q;+2;2*-1. The molecule has 1 aliphatic rings. The third-order valence-electron chi connectivity index (χ3n) is 7.01. The third kappa shape index (κ3) is 27.9. The summed E-state index contributed by atoms with van der Waals surface area (Å²) in [4.78, 5) is 0. The van der Waals surface area contributed by atoms with Crippen molar-refractivity contribution in [3.63, 3.8) is 0 Å². The smallest absolute Gasteiger partial charge is 0.487 e. The van der Waals surface area contributed by atoms with Gasteiger partial charge in [0.2, 0.25) is 13.1 Å². The van der Waals surface area contributed by atoms with E-state index in [0.717, 1.165) is 13.1 Å². The lowest BCUT2D eigenvalue weighted by Crippen LogP contribution is -2.44. The van der Waals surface area contributed by atoms with Crippen LogP contribution in [0.25, 0.3) is 0 Å². The van der Waals surface area contributed by atoms with Gasteiger partial charge in [-0.25, -0.2) is 0 Å². The van der Waals surface area contributed by atoms with Crippen LogP contribution in [-0.4, -0.2) is 93.8 Å². The number of rotatable bonds is 3. The molecule has 0 aliphatic carbocycles. The van der Waals surface area contributed by atoms with Crippen LogP contribution >= 0.6 is 0 Å². The second kappa shape index (κ2) is 28.7. The molecule has 5 rings (SSSR count). The van der Waals surface area contributed by atoms with Gasteiger partial charge in [-0.1, -0.05) is 24.3 Å². The molecule has 322 valence electrons. The molecule has 0 radical (unpaired) electrons. The monoisotopic (exact) mass is 836 g/mol. The average Bonchev–Trinajstić information content (AvgIpc) is 3.15. The van der Waals surface area contributed by atoms with Crippen LogP contribution < -0.4 is 28.1 Å². The van der Waals surface area contributed by atoms with E-state index >= 15 is 0 Å². The predicted octanol–water partition coefficient (Wildman–Crippen LogP) is 7.16. The van der Waals surface area contributed by atoms with Gasteiger partial charge in [0.1, 0.15) is 26.4 Å². The summed E-state index contributed by atoms with van der Waals surface area (Å²) in [6.45, 7) is 11.7. The summed E-state index contributed by atoms with van der Waals surface area (Å²) in [5, 5.41) is 0. The first-order valence-electron chi connectivity index (χ1n) is 18.3. The molecule has 10 nitrogen and oxygen atoms in total. The van der Waals surface area contributed by atoms with Crippen LogP contribution in [0, 0.1) is 13.8 Å². The lowest BCUT2D eigenvalue weighted by atomic mass is 10.3. The van der Waals surface area contributed by atoms with E-state index in [9.17, 15) is 34.5 Å². The van der Waals surface area contributed by atoms with Crippen molar-refractivity contribution in [3.8, 4) is 23.0 Å². The summed E-state index contributed by atoms with van der Waals surface area (Å²) in [6.07, 6.45) is 8.58. The van der Waals surface area contributed by atoms with Crippen molar-refractivity contribution < 1.29 is 81.6 Å². The molecule has 0 unspecified atom stereocenters. The number of hydrogen-bond donors (Lipinski definition) is 0. The van der Waals surface area contributed by atoms with E-state index in [1.807, 2.05) is 48.5 Å². The molecule has 20 heteroatoms. The van der Waals surface area contributed by atoms with E-state index in [0.29, 0.717) is 102 Å². The fourth-order valence-corrected chi connectivity index (χ4v) is 4.68. The lowest BCUT2D eigenvalue weighted by molar-refractivity contribution is -0.778. The number of halogens is 8. The number of aryl methyl sites for hydroxylation is 4. The Kier molecular flexibility index (Phi) is 24.5. The minimum Gasteiger partial charge on any atom is -0.487 e. The molecule has 1 aliphatic heterocycles. The molecule has 0 saturated heterocycles. The average molecular weight is 836 g/mol. The Labute approximate surface area is 333 Å². The SMILES string of the molecule is Cc1ccc[n+](CC[n+]2cccc(C)c2)c1.F[B-](F)(F)F.F[B-](F)(F)F.c1ccc2c(c1)OCCOCCOCCOc1ccccc1OCCOCCOCCO2. The van der Waals surface area contributed by atoms with E-state index in [1.54, 1.807) is 0 Å². The number of benzene rings is 2. The van der Waals surface area contributed by atoms with Gasteiger partial charge in [0, 0.05) is 23.3 Å². The Bertz CT molecular complexity index is 1480. The Morgan fingerprint density at radius 2 is 0.638 bits per heavy atom. The zero-order valence-electron chi connectivity index (χ0n) is 32.5. The van der Waals surface area contributed by atoms with Gasteiger partial charge in [0.05, 0.1) is 52.9 Å². The molecule has 0 saturated carbocycles. The maximum Gasteiger partial charge on any atom is 0.673 e. The van der Waals surface area contributed by atoms with Crippen molar-refractivity contribution in [2.75, 3.05) is 79.3 Å². The second-order valence-electron chi connectivity index (χ2n) is 12.0. The van der Waals surface area contributed by atoms with Gasteiger partial charge < -0.3 is 72.4 Å². The van der Waals surface area contributed by atoms with Gasteiger partial charge in [-0.15, -0.1) is 0 Å². The third-order valence-corrected chi connectivity index (χ3v) is 7.01. The molecule has 2 aromatic heterocycles.